The fourth-order valence-electron chi connectivity index (χ4n) is 3.19. The summed E-state index contributed by atoms with van der Waals surface area (Å²) in [5.74, 6) is 3.64. The van der Waals surface area contributed by atoms with E-state index in [-0.39, 0.29) is 0 Å². The van der Waals surface area contributed by atoms with E-state index in [1.165, 1.54) is 37.9 Å². The highest BCUT2D eigenvalue weighted by atomic mass is 32.2. The molecule has 0 aromatic carbocycles. The lowest BCUT2D eigenvalue weighted by atomic mass is 9.77. The average Bonchev–Trinajstić information content (AvgIpc) is 2.67. The lowest BCUT2D eigenvalue weighted by Gasteiger charge is -2.30. The molecule has 2 atom stereocenters. The number of hydrogen-bond donors (Lipinski definition) is 0. The molecule has 76 valence electrons. The number of rotatable bonds is 2. The monoisotopic (exact) mass is 198 g/mol. The Labute approximate surface area is 86.9 Å². The Morgan fingerprint density at radius 2 is 1.85 bits per heavy atom. The molecule has 2 unspecified atom stereocenters. The zero-order valence-electron chi connectivity index (χ0n) is 8.80. The van der Waals surface area contributed by atoms with Crippen molar-refractivity contribution in [2.45, 2.75) is 57.1 Å². The van der Waals surface area contributed by atoms with Crippen LogP contribution >= 0.6 is 11.8 Å². The van der Waals surface area contributed by atoms with Crippen molar-refractivity contribution < 1.29 is 0 Å². The molecule has 2 fully saturated rings. The maximum atomic E-state index is 2.37. The molecule has 1 heteroatoms. The maximum Gasteiger partial charge on any atom is 0.00756 e. The standard InChI is InChI=1S/C12H22S/c1-2-12-11(8-9-13-12)10-6-4-3-5-7-10/h10-12H,2-9H2,1H3. The molecular weight excluding hydrogens is 176 g/mol. The van der Waals surface area contributed by atoms with Gasteiger partial charge in [-0.25, -0.2) is 0 Å². The van der Waals surface area contributed by atoms with Gasteiger partial charge in [-0.3, -0.25) is 0 Å². The fraction of sp³-hybridized carbons (Fsp3) is 1.00. The van der Waals surface area contributed by atoms with Gasteiger partial charge in [-0.15, -0.1) is 0 Å². The molecule has 2 aliphatic rings. The maximum absolute atomic E-state index is 2.37. The Hall–Kier alpha value is 0.350. The fourth-order valence-corrected chi connectivity index (χ4v) is 4.74. The lowest BCUT2D eigenvalue weighted by Crippen LogP contribution is -2.23. The third-order valence-electron chi connectivity index (χ3n) is 3.92. The highest BCUT2D eigenvalue weighted by molar-refractivity contribution is 8.00. The summed E-state index contributed by atoms with van der Waals surface area (Å²) in [4.78, 5) is 0. The minimum atomic E-state index is 1.02. The molecule has 1 heterocycles. The minimum absolute atomic E-state index is 1.02. The predicted octanol–water partition coefficient (Wildman–Crippen LogP) is 4.10. The van der Waals surface area contributed by atoms with Crippen molar-refractivity contribution in [1.82, 2.24) is 0 Å². The summed E-state index contributed by atoms with van der Waals surface area (Å²) in [5.41, 5.74) is 0. The molecule has 0 spiro atoms. The Kier molecular flexibility index (Phi) is 3.59. The molecule has 0 bridgehead atoms. The Morgan fingerprint density at radius 1 is 1.08 bits per heavy atom. The Morgan fingerprint density at radius 3 is 2.54 bits per heavy atom. The van der Waals surface area contributed by atoms with Gasteiger partial charge in [0.05, 0.1) is 0 Å². The van der Waals surface area contributed by atoms with Gasteiger partial charge in [-0.1, -0.05) is 39.0 Å². The van der Waals surface area contributed by atoms with Crippen LogP contribution in [0.25, 0.3) is 0 Å². The summed E-state index contributed by atoms with van der Waals surface area (Å²) in [6.07, 6.45) is 10.6. The van der Waals surface area contributed by atoms with Gasteiger partial charge in [0.2, 0.25) is 0 Å². The van der Waals surface area contributed by atoms with Gasteiger partial charge in [0, 0.05) is 5.25 Å². The van der Waals surface area contributed by atoms with Crippen molar-refractivity contribution in [3.63, 3.8) is 0 Å². The molecule has 0 N–H and O–H groups in total. The summed E-state index contributed by atoms with van der Waals surface area (Å²) in [7, 11) is 0. The van der Waals surface area contributed by atoms with E-state index < -0.39 is 0 Å². The first-order chi connectivity index (χ1) is 6.42. The van der Waals surface area contributed by atoms with Crippen molar-refractivity contribution in [3.05, 3.63) is 0 Å². The van der Waals surface area contributed by atoms with Crippen molar-refractivity contribution in [2.24, 2.45) is 11.8 Å². The van der Waals surface area contributed by atoms with Crippen LogP contribution in [-0.2, 0) is 0 Å². The molecule has 0 aromatic rings. The number of thioether (sulfide) groups is 1. The van der Waals surface area contributed by atoms with Crippen LogP contribution < -0.4 is 0 Å². The van der Waals surface area contributed by atoms with E-state index in [4.69, 9.17) is 0 Å². The van der Waals surface area contributed by atoms with Gasteiger partial charge in [0.25, 0.3) is 0 Å². The van der Waals surface area contributed by atoms with Crippen LogP contribution in [0.15, 0.2) is 0 Å². The normalized spacial score (nSPS) is 36.7. The van der Waals surface area contributed by atoms with E-state index in [0.717, 1.165) is 17.1 Å². The second kappa shape index (κ2) is 4.72. The van der Waals surface area contributed by atoms with E-state index in [1.807, 2.05) is 0 Å². The zero-order chi connectivity index (χ0) is 9.10. The van der Waals surface area contributed by atoms with Crippen LogP contribution in [0.4, 0.5) is 0 Å². The molecule has 0 radical (unpaired) electrons. The largest absolute Gasteiger partial charge is 0.158 e. The van der Waals surface area contributed by atoms with Crippen molar-refractivity contribution >= 4 is 11.8 Å². The van der Waals surface area contributed by atoms with Crippen LogP contribution in [0.1, 0.15) is 51.9 Å². The van der Waals surface area contributed by atoms with Crippen LogP contribution in [0.3, 0.4) is 0 Å². The molecular formula is C12H22S. The van der Waals surface area contributed by atoms with Gasteiger partial charge < -0.3 is 0 Å². The second-order valence-corrected chi connectivity index (χ2v) is 6.02. The highest BCUT2D eigenvalue weighted by Crippen LogP contribution is 2.43. The molecule has 2 rings (SSSR count). The van der Waals surface area contributed by atoms with Crippen LogP contribution in [0, 0.1) is 11.8 Å². The van der Waals surface area contributed by atoms with Crippen LogP contribution in [-0.4, -0.2) is 11.0 Å². The average molecular weight is 198 g/mol. The molecule has 0 nitrogen and oxygen atoms in total. The molecule has 1 saturated carbocycles. The molecule has 1 saturated heterocycles. The van der Waals surface area contributed by atoms with E-state index >= 15 is 0 Å². The molecule has 0 amide bonds. The first-order valence-corrected chi connectivity index (χ1v) is 7.08. The minimum Gasteiger partial charge on any atom is -0.158 e. The van der Waals surface area contributed by atoms with Gasteiger partial charge in [0.1, 0.15) is 0 Å². The summed E-state index contributed by atoms with van der Waals surface area (Å²) in [6, 6.07) is 0. The van der Waals surface area contributed by atoms with E-state index in [2.05, 4.69) is 18.7 Å². The lowest BCUT2D eigenvalue weighted by molar-refractivity contribution is 0.243. The Balaban J connectivity index is 1.90. The third-order valence-corrected chi connectivity index (χ3v) is 5.50. The molecule has 0 aromatic heterocycles. The van der Waals surface area contributed by atoms with Crippen LogP contribution in [0.2, 0.25) is 0 Å². The first kappa shape index (κ1) is 9.89. The predicted molar refractivity (Wildman–Crippen MR) is 61.2 cm³/mol. The Bertz CT molecular complexity index is 149. The molecule has 1 aliphatic carbocycles. The summed E-state index contributed by atoms with van der Waals surface area (Å²) >= 11 is 2.24. The second-order valence-electron chi connectivity index (χ2n) is 4.67. The SMILES string of the molecule is CCC1SCCC1C1CCCCC1. The van der Waals surface area contributed by atoms with Gasteiger partial charge in [0.15, 0.2) is 0 Å². The van der Waals surface area contributed by atoms with Gasteiger partial charge in [-0.2, -0.15) is 11.8 Å². The summed E-state index contributed by atoms with van der Waals surface area (Å²) in [5, 5.41) is 1.02. The molecule has 13 heavy (non-hydrogen) atoms. The molecule has 1 aliphatic heterocycles. The van der Waals surface area contributed by atoms with Crippen molar-refractivity contribution in [1.29, 1.82) is 0 Å². The van der Waals surface area contributed by atoms with Crippen molar-refractivity contribution in [2.75, 3.05) is 5.75 Å². The van der Waals surface area contributed by atoms with Gasteiger partial charge >= 0.3 is 0 Å². The summed E-state index contributed by atoms with van der Waals surface area (Å²) < 4.78 is 0. The van der Waals surface area contributed by atoms with Crippen LogP contribution in [0.5, 0.6) is 0 Å². The smallest absolute Gasteiger partial charge is 0.00756 e. The quantitative estimate of drug-likeness (QED) is 0.644. The third kappa shape index (κ3) is 2.23. The summed E-state index contributed by atoms with van der Waals surface area (Å²) in [6.45, 7) is 2.37. The topological polar surface area (TPSA) is 0 Å². The van der Waals surface area contributed by atoms with E-state index in [1.54, 1.807) is 12.8 Å². The zero-order valence-corrected chi connectivity index (χ0v) is 9.61. The van der Waals surface area contributed by atoms with Crippen molar-refractivity contribution in [3.8, 4) is 0 Å². The van der Waals surface area contributed by atoms with E-state index in [0.29, 0.717) is 0 Å². The van der Waals surface area contributed by atoms with Gasteiger partial charge in [-0.05, 0) is 30.4 Å². The first-order valence-electron chi connectivity index (χ1n) is 6.03. The highest BCUT2D eigenvalue weighted by Gasteiger charge is 2.33. The number of hydrogen-bond acceptors (Lipinski definition) is 1. The van der Waals surface area contributed by atoms with E-state index in [9.17, 15) is 0 Å².